The molecule has 3 aromatic carbocycles. The van der Waals surface area contributed by atoms with E-state index in [0.29, 0.717) is 10.7 Å². The summed E-state index contributed by atoms with van der Waals surface area (Å²) in [4.78, 5) is 13.5. The Labute approximate surface area is 164 Å². The number of fused-ring (bicyclic) bond motifs is 1. The molecule has 1 N–H and O–H groups in total. The van der Waals surface area contributed by atoms with Gasteiger partial charge in [0, 0.05) is 11.8 Å². The maximum atomic E-state index is 13.5. The van der Waals surface area contributed by atoms with Gasteiger partial charge in [0.15, 0.2) is 0 Å². The van der Waals surface area contributed by atoms with Crippen molar-refractivity contribution in [2.75, 3.05) is 5.32 Å². The van der Waals surface area contributed by atoms with Gasteiger partial charge in [-0.2, -0.15) is 0 Å². The van der Waals surface area contributed by atoms with Crippen LogP contribution in [0.15, 0.2) is 72.8 Å². The van der Waals surface area contributed by atoms with E-state index in [2.05, 4.69) is 60.8 Å². The van der Waals surface area contributed by atoms with Crippen LogP contribution in [0.3, 0.4) is 0 Å². The van der Waals surface area contributed by atoms with Crippen molar-refractivity contribution in [3.8, 4) is 0 Å². The predicted octanol–water partition coefficient (Wildman–Crippen LogP) is 5.97. The van der Waals surface area contributed by atoms with E-state index in [1.807, 2.05) is 18.2 Å². The van der Waals surface area contributed by atoms with E-state index in [4.69, 9.17) is 11.6 Å². The first-order chi connectivity index (χ1) is 13.1. The van der Waals surface area contributed by atoms with Gasteiger partial charge in [-0.3, -0.25) is 4.79 Å². The number of nitrogens with one attached hydrogen (secondary N) is 1. The molecule has 6 rings (SSSR count). The first-order valence-corrected chi connectivity index (χ1v) is 9.71. The second kappa shape index (κ2) is 5.97. The van der Waals surface area contributed by atoms with Gasteiger partial charge in [0.25, 0.3) is 0 Å². The third-order valence-corrected chi connectivity index (χ3v) is 6.60. The fourth-order valence-corrected chi connectivity index (χ4v) is 5.20. The number of hydrogen-bond acceptors (Lipinski definition) is 1. The largest absolute Gasteiger partial charge is 0.324 e. The number of carbonyl (C=O) groups is 1. The lowest BCUT2D eigenvalue weighted by atomic mass is 9.52. The molecule has 2 nitrogen and oxygen atoms in total. The number of carbonyl (C=O) groups excluding carboxylic acids is 1. The molecule has 0 aromatic heterocycles. The molecule has 3 aliphatic rings. The minimum atomic E-state index is -0.521. The molecule has 134 valence electrons. The Balaban J connectivity index is 1.62. The fraction of sp³-hybridized carbons (Fsp3) is 0.208. The molecular weight excluding hydrogens is 354 g/mol. The zero-order chi connectivity index (χ0) is 18.6. The average molecular weight is 374 g/mol. The number of rotatable bonds is 2. The molecule has 3 aromatic rings. The van der Waals surface area contributed by atoms with Crippen LogP contribution in [-0.4, -0.2) is 5.91 Å². The van der Waals surface area contributed by atoms with E-state index in [-0.39, 0.29) is 17.7 Å². The highest BCUT2D eigenvalue weighted by atomic mass is 35.5. The number of anilines is 1. The smallest absolute Gasteiger partial charge is 0.231 e. The van der Waals surface area contributed by atoms with Crippen LogP contribution in [0.25, 0.3) is 0 Å². The standard InChI is InChI=1S/C24H20ClNO/c1-24(23(27)26-21-13-7-6-12-20(21)25)14-19-15-8-2-4-10-17(15)22(24)18-11-5-3-9-16(18)19/h2-13,19,22H,14H2,1H3,(H,26,27). The highest BCUT2D eigenvalue weighted by molar-refractivity contribution is 6.33. The summed E-state index contributed by atoms with van der Waals surface area (Å²) in [6.07, 6.45) is 0.808. The lowest BCUT2D eigenvalue weighted by Crippen LogP contribution is -2.47. The van der Waals surface area contributed by atoms with Crippen LogP contribution in [-0.2, 0) is 4.79 Å². The maximum absolute atomic E-state index is 13.5. The minimum absolute atomic E-state index is 0.0367. The zero-order valence-corrected chi connectivity index (χ0v) is 15.8. The highest BCUT2D eigenvalue weighted by Gasteiger charge is 2.53. The second-order valence-corrected chi connectivity index (χ2v) is 8.21. The molecular formula is C24H20ClNO. The van der Waals surface area contributed by atoms with Crippen LogP contribution < -0.4 is 5.32 Å². The third kappa shape index (κ3) is 2.36. The number of hydrogen-bond donors (Lipinski definition) is 1. The predicted molar refractivity (Wildman–Crippen MR) is 109 cm³/mol. The molecule has 0 saturated heterocycles. The average Bonchev–Trinajstić information content (AvgIpc) is 2.70. The molecule has 27 heavy (non-hydrogen) atoms. The van der Waals surface area contributed by atoms with Gasteiger partial charge in [0.2, 0.25) is 5.91 Å². The van der Waals surface area contributed by atoms with Crippen molar-refractivity contribution in [3.63, 3.8) is 0 Å². The van der Waals surface area contributed by atoms with Crippen LogP contribution in [0.2, 0.25) is 5.02 Å². The minimum Gasteiger partial charge on any atom is -0.324 e. The summed E-state index contributed by atoms with van der Waals surface area (Å²) in [7, 11) is 0. The Kier molecular flexibility index (Phi) is 3.66. The van der Waals surface area contributed by atoms with E-state index in [1.54, 1.807) is 6.07 Å². The normalized spacial score (nSPS) is 24.8. The molecule has 0 spiro atoms. The number of amides is 1. The van der Waals surface area contributed by atoms with Gasteiger partial charge in [-0.25, -0.2) is 0 Å². The summed E-state index contributed by atoms with van der Waals surface area (Å²) < 4.78 is 0. The van der Waals surface area contributed by atoms with E-state index in [0.717, 1.165) is 6.42 Å². The SMILES string of the molecule is CC1(C(=O)Nc2ccccc2Cl)CC2c3ccccc3C1c1ccccc12. The molecule has 0 aliphatic heterocycles. The molecule has 0 heterocycles. The van der Waals surface area contributed by atoms with Crippen LogP contribution >= 0.6 is 11.6 Å². The van der Waals surface area contributed by atoms with Gasteiger partial charge in [0.1, 0.15) is 0 Å². The van der Waals surface area contributed by atoms with Crippen molar-refractivity contribution in [3.05, 3.63) is 100 Å². The number of halogens is 1. The summed E-state index contributed by atoms with van der Waals surface area (Å²) in [5.74, 6) is 0.344. The second-order valence-electron chi connectivity index (χ2n) is 7.80. The van der Waals surface area contributed by atoms with Crippen molar-refractivity contribution in [1.29, 1.82) is 0 Å². The van der Waals surface area contributed by atoms with Crippen LogP contribution in [0.5, 0.6) is 0 Å². The Morgan fingerprint density at radius 2 is 1.41 bits per heavy atom. The number of benzene rings is 3. The van der Waals surface area contributed by atoms with Crippen molar-refractivity contribution in [1.82, 2.24) is 0 Å². The molecule has 0 saturated carbocycles. The van der Waals surface area contributed by atoms with Crippen molar-refractivity contribution in [2.45, 2.75) is 25.2 Å². The molecule has 3 heteroatoms. The van der Waals surface area contributed by atoms with Crippen LogP contribution in [0.4, 0.5) is 5.69 Å². The Hall–Kier alpha value is -2.58. The lowest BCUT2D eigenvalue weighted by molar-refractivity contribution is -0.126. The molecule has 0 radical (unpaired) electrons. The van der Waals surface area contributed by atoms with Gasteiger partial charge < -0.3 is 5.32 Å². The summed E-state index contributed by atoms with van der Waals surface area (Å²) in [6, 6.07) is 24.6. The summed E-state index contributed by atoms with van der Waals surface area (Å²) in [5.41, 5.74) is 5.45. The molecule has 1 unspecified atom stereocenters. The van der Waals surface area contributed by atoms with Gasteiger partial charge in [-0.15, -0.1) is 0 Å². The Bertz CT molecular complexity index is 1010. The van der Waals surface area contributed by atoms with Gasteiger partial charge in [-0.05, 0) is 47.7 Å². The first-order valence-electron chi connectivity index (χ1n) is 9.33. The van der Waals surface area contributed by atoms with Gasteiger partial charge in [-0.1, -0.05) is 72.3 Å². The Morgan fingerprint density at radius 3 is 2.00 bits per heavy atom. The Morgan fingerprint density at radius 1 is 0.889 bits per heavy atom. The molecule has 1 amide bonds. The summed E-state index contributed by atoms with van der Waals surface area (Å²) in [5, 5.41) is 3.66. The highest BCUT2D eigenvalue weighted by Crippen LogP contribution is 2.61. The van der Waals surface area contributed by atoms with E-state index in [9.17, 15) is 4.79 Å². The van der Waals surface area contributed by atoms with Crippen molar-refractivity contribution < 1.29 is 4.79 Å². The first kappa shape index (κ1) is 16.6. The van der Waals surface area contributed by atoms with Gasteiger partial charge >= 0.3 is 0 Å². The lowest BCUT2D eigenvalue weighted by Gasteiger charge is -2.50. The summed E-state index contributed by atoms with van der Waals surface area (Å²) in [6.45, 7) is 2.10. The third-order valence-electron chi connectivity index (χ3n) is 6.27. The molecule has 1 atom stereocenters. The van der Waals surface area contributed by atoms with Crippen molar-refractivity contribution >= 4 is 23.2 Å². The van der Waals surface area contributed by atoms with E-state index >= 15 is 0 Å². The van der Waals surface area contributed by atoms with E-state index in [1.165, 1.54) is 22.3 Å². The monoisotopic (exact) mass is 373 g/mol. The summed E-state index contributed by atoms with van der Waals surface area (Å²) >= 11 is 6.28. The van der Waals surface area contributed by atoms with E-state index < -0.39 is 5.41 Å². The fourth-order valence-electron chi connectivity index (χ4n) is 5.02. The quantitative estimate of drug-likeness (QED) is 0.589. The molecule has 0 fully saturated rings. The van der Waals surface area contributed by atoms with Crippen molar-refractivity contribution in [2.24, 2.45) is 5.41 Å². The molecule has 3 aliphatic carbocycles. The van der Waals surface area contributed by atoms with Crippen LogP contribution in [0, 0.1) is 5.41 Å². The topological polar surface area (TPSA) is 29.1 Å². The van der Waals surface area contributed by atoms with Crippen LogP contribution in [0.1, 0.15) is 47.4 Å². The molecule has 2 bridgehead atoms. The number of para-hydroxylation sites is 1. The maximum Gasteiger partial charge on any atom is 0.231 e. The van der Waals surface area contributed by atoms with Gasteiger partial charge in [0.05, 0.1) is 16.1 Å². The zero-order valence-electron chi connectivity index (χ0n) is 15.1.